The molecule has 2 nitrogen and oxygen atoms in total. The molecule has 4 heteroatoms. The average molecular weight is 308 g/mol. The van der Waals surface area contributed by atoms with Gasteiger partial charge < -0.3 is 4.89 Å². The minimum Gasteiger partial charge on any atom is -0.346 e. The van der Waals surface area contributed by atoms with E-state index in [1.54, 1.807) is 0 Å². The van der Waals surface area contributed by atoms with E-state index >= 15 is 0 Å². The summed E-state index contributed by atoms with van der Waals surface area (Å²) in [5.74, 6) is 0. The maximum atomic E-state index is 10.2. The van der Waals surface area contributed by atoms with Gasteiger partial charge in [-0.15, -0.1) is 0 Å². The molecule has 0 heterocycles. The molecule has 0 rings (SSSR count). The largest absolute Gasteiger partial charge is 0.346 e. The molecule has 0 amide bonds. The fourth-order valence-electron chi connectivity index (χ4n) is 0.880. The first-order valence-corrected chi connectivity index (χ1v) is 5.55. The minimum atomic E-state index is -2.17. The van der Waals surface area contributed by atoms with Crippen molar-refractivity contribution in [3.8, 4) is 0 Å². The second-order valence-electron chi connectivity index (χ2n) is 2.56. The summed E-state index contributed by atoms with van der Waals surface area (Å²) in [5.41, 5.74) is 0. The summed E-state index contributed by atoms with van der Waals surface area (Å²) in [7, 11) is -2.17. The van der Waals surface area contributed by atoms with Crippen molar-refractivity contribution in [3.63, 3.8) is 0 Å². The van der Waals surface area contributed by atoms with Gasteiger partial charge >= 0.3 is 0 Å². The molecule has 0 aromatic heterocycles. The molecule has 0 fully saturated rings. The number of rotatable bonds is 6. The standard InChI is InChI=1S/C7H17O2P.Nd/c1-2-3-4-5-6-7-10(8)9;/h10H,2-7H2,1H3,(H,8,9);. The van der Waals surface area contributed by atoms with E-state index in [0.717, 1.165) is 12.8 Å². The zero-order valence-corrected chi connectivity index (χ0v) is 11.3. The van der Waals surface area contributed by atoms with Crippen LogP contribution in [-0.4, -0.2) is 11.1 Å². The fraction of sp³-hybridized carbons (Fsp3) is 1.00. The fourth-order valence-corrected chi connectivity index (χ4v) is 1.43. The summed E-state index contributed by atoms with van der Waals surface area (Å²) in [5, 5.41) is 0. The van der Waals surface area contributed by atoms with Crippen molar-refractivity contribution in [3.05, 3.63) is 0 Å². The number of hydrogen-bond donors (Lipinski definition) is 1. The Morgan fingerprint density at radius 2 is 1.73 bits per heavy atom. The summed E-state index contributed by atoms with van der Waals surface area (Å²) >= 11 is 0. The van der Waals surface area contributed by atoms with Crippen LogP contribution in [0.1, 0.15) is 39.0 Å². The SMILES string of the molecule is CCCCCCC[PH](=O)O.[Nd]. The molecule has 1 unspecified atom stereocenters. The van der Waals surface area contributed by atoms with E-state index in [1.807, 2.05) is 0 Å². The van der Waals surface area contributed by atoms with Crippen molar-refractivity contribution < 1.29 is 50.3 Å². The van der Waals surface area contributed by atoms with Gasteiger partial charge in [-0.2, -0.15) is 0 Å². The molecule has 0 saturated heterocycles. The quantitative estimate of drug-likeness (QED) is 0.604. The Balaban J connectivity index is 0. The predicted molar refractivity (Wildman–Crippen MR) is 44.8 cm³/mol. The Bertz CT molecular complexity index is 98.4. The van der Waals surface area contributed by atoms with Gasteiger partial charge in [0, 0.05) is 47.0 Å². The van der Waals surface area contributed by atoms with E-state index in [9.17, 15) is 4.57 Å². The zero-order valence-electron chi connectivity index (χ0n) is 7.10. The van der Waals surface area contributed by atoms with E-state index in [4.69, 9.17) is 4.89 Å². The average Bonchev–Trinajstić information content (AvgIpc) is 1.87. The normalized spacial score (nSPS) is 12.2. The van der Waals surface area contributed by atoms with Crippen LogP contribution in [0, 0.1) is 40.8 Å². The van der Waals surface area contributed by atoms with Gasteiger partial charge in [0.1, 0.15) is 0 Å². The van der Waals surface area contributed by atoms with Crippen molar-refractivity contribution >= 4 is 8.03 Å². The van der Waals surface area contributed by atoms with Crippen LogP contribution in [0.25, 0.3) is 0 Å². The Morgan fingerprint density at radius 3 is 2.18 bits per heavy atom. The predicted octanol–water partition coefficient (Wildman–Crippen LogP) is 2.42. The molecule has 0 aromatic rings. The van der Waals surface area contributed by atoms with Crippen LogP contribution < -0.4 is 0 Å². The summed E-state index contributed by atoms with van der Waals surface area (Å²) in [6, 6.07) is 0. The van der Waals surface area contributed by atoms with Crippen molar-refractivity contribution in [2.24, 2.45) is 0 Å². The summed E-state index contributed by atoms with van der Waals surface area (Å²) in [6.45, 7) is 2.16. The van der Waals surface area contributed by atoms with Crippen LogP contribution in [0.5, 0.6) is 0 Å². The van der Waals surface area contributed by atoms with Crippen LogP contribution >= 0.6 is 8.03 Å². The molecule has 0 aliphatic carbocycles. The molecule has 1 atom stereocenters. The molecule has 0 aromatic carbocycles. The Morgan fingerprint density at radius 1 is 1.18 bits per heavy atom. The second-order valence-corrected chi connectivity index (χ2v) is 3.85. The van der Waals surface area contributed by atoms with E-state index in [1.165, 1.54) is 19.3 Å². The smallest absolute Gasteiger partial charge is 0.189 e. The molecule has 0 radical (unpaired) electrons. The molecule has 0 saturated carbocycles. The molecule has 0 aliphatic rings. The van der Waals surface area contributed by atoms with Crippen LogP contribution in [0.3, 0.4) is 0 Å². The van der Waals surface area contributed by atoms with Crippen molar-refractivity contribution in [2.45, 2.75) is 39.0 Å². The number of hydrogen-bond acceptors (Lipinski definition) is 1. The van der Waals surface area contributed by atoms with Crippen molar-refractivity contribution in [2.75, 3.05) is 6.16 Å². The molecule has 11 heavy (non-hydrogen) atoms. The van der Waals surface area contributed by atoms with Crippen molar-refractivity contribution in [1.29, 1.82) is 0 Å². The first-order chi connectivity index (χ1) is 4.77. The van der Waals surface area contributed by atoms with Gasteiger partial charge in [-0.1, -0.05) is 32.6 Å². The molecule has 1 N–H and O–H groups in total. The van der Waals surface area contributed by atoms with Gasteiger partial charge in [0.2, 0.25) is 0 Å². The summed E-state index contributed by atoms with van der Waals surface area (Å²) in [6.07, 6.45) is 6.26. The number of unbranched alkanes of at least 4 members (excludes halogenated alkanes) is 4. The first kappa shape index (κ1) is 15.0. The van der Waals surface area contributed by atoms with Gasteiger partial charge in [0.25, 0.3) is 0 Å². The monoisotopic (exact) mass is 306 g/mol. The third kappa shape index (κ3) is 14.4. The molecule has 0 aliphatic heterocycles. The topological polar surface area (TPSA) is 37.3 Å². The summed E-state index contributed by atoms with van der Waals surface area (Å²) in [4.78, 5) is 8.46. The van der Waals surface area contributed by atoms with Crippen LogP contribution in [-0.2, 0) is 4.57 Å². The van der Waals surface area contributed by atoms with Crippen LogP contribution in [0.2, 0.25) is 0 Å². The van der Waals surface area contributed by atoms with Gasteiger partial charge in [0.15, 0.2) is 8.03 Å². The third-order valence-corrected chi connectivity index (χ3v) is 2.28. The van der Waals surface area contributed by atoms with E-state index in [0.29, 0.717) is 6.16 Å². The molecule has 0 spiro atoms. The van der Waals surface area contributed by atoms with E-state index in [-0.39, 0.29) is 40.8 Å². The molecular formula is C7H17NdO2P. The third-order valence-electron chi connectivity index (χ3n) is 1.49. The van der Waals surface area contributed by atoms with Gasteiger partial charge in [0.05, 0.1) is 0 Å². The zero-order chi connectivity index (χ0) is 7.82. The maximum Gasteiger partial charge on any atom is 0.189 e. The molecular weight excluding hydrogens is 291 g/mol. The molecule has 66 valence electrons. The minimum absolute atomic E-state index is 0. The Hall–Kier alpha value is 1.54. The van der Waals surface area contributed by atoms with Gasteiger partial charge in [-0.25, -0.2) is 0 Å². The van der Waals surface area contributed by atoms with Gasteiger partial charge in [-0.3, -0.25) is 4.57 Å². The Labute approximate surface area is 103 Å². The summed E-state index contributed by atoms with van der Waals surface area (Å²) < 4.78 is 10.2. The first-order valence-electron chi connectivity index (χ1n) is 3.99. The van der Waals surface area contributed by atoms with Crippen LogP contribution in [0.4, 0.5) is 0 Å². The van der Waals surface area contributed by atoms with Crippen molar-refractivity contribution in [1.82, 2.24) is 0 Å². The second kappa shape index (κ2) is 11.5. The Kier molecular flexibility index (Phi) is 15.8. The maximum absolute atomic E-state index is 10.2. The van der Waals surface area contributed by atoms with E-state index < -0.39 is 8.03 Å². The van der Waals surface area contributed by atoms with E-state index in [2.05, 4.69) is 6.92 Å². The molecule has 0 bridgehead atoms. The van der Waals surface area contributed by atoms with Gasteiger partial charge in [-0.05, 0) is 6.42 Å². The van der Waals surface area contributed by atoms with Crippen LogP contribution in [0.15, 0.2) is 0 Å².